The number of nitrogens with one attached hydrogen (secondary N) is 1. The van der Waals surface area contributed by atoms with E-state index < -0.39 is 0 Å². The van der Waals surface area contributed by atoms with E-state index in [0.29, 0.717) is 12.1 Å². The molecule has 0 unspecified atom stereocenters. The van der Waals surface area contributed by atoms with Gasteiger partial charge in [0.15, 0.2) is 0 Å². The molecule has 5 heteroatoms. The summed E-state index contributed by atoms with van der Waals surface area (Å²) in [6.45, 7) is 0. The summed E-state index contributed by atoms with van der Waals surface area (Å²) in [7, 11) is 0. The smallest absolute Gasteiger partial charge is 0.222 e. The van der Waals surface area contributed by atoms with Crippen LogP contribution in [0.1, 0.15) is 0 Å². The van der Waals surface area contributed by atoms with Crippen molar-refractivity contribution < 1.29 is 4.79 Å². The van der Waals surface area contributed by atoms with E-state index in [1.165, 1.54) is 12.4 Å². The number of aromatic nitrogens is 2. The van der Waals surface area contributed by atoms with Crippen LogP contribution in [0, 0.1) is 0 Å². The lowest BCUT2D eigenvalue weighted by Gasteiger charge is -1.93. The van der Waals surface area contributed by atoms with Gasteiger partial charge >= 0.3 is 0 Å². The Balaban J connectivity index is 2.78. The van der Waals surface area contributed by atoms with Crippen molar-refractivity contribution in [3.8, 4) is 0 Å². The molecule has 0 radical (unpaired) electrons. The third-order valence-corrected chi connectivity index (χ3v) is 1.04. The molecule has 0 saturated carbocycles. The molecule has 1 aromatic heterocycles. The van der Waals surface area contributed by atoms with Crippen molar-refractivity contribution in [2.45, 2.75) is 0 Å². The first-order valence-corrected chi connectivity index (χ1v) is 2.88. The van der Waals surface area contributed by atoms with Gasteiger partial charge in [0.05, 0.1) is 18.1 Å². The van der Waals surface area contributed by atoms with Crippen molar-refractivity contribution in [1.29, 1.82) is 0 Å². The minimum atomic E-state index is 0.163. The molecule has 10 heavy (non-hydrogen) atoms. The molecule has 0 bridgehead atoms. The summed E-state index contributed by atoms with van der Waals surface area (Å²) >= 11 is 5.37. The maximum absolute atomic E-state index is 9.86. The van der Waals surface area contributed by atoms with Gasteiger partial charge in [0.1, 0.15) is 0 Å². The molecule has 0 aliphatic carbocycles. The second-order valence-corrected chi connectivity index (χ2v) is 1.84. The first-order valence-electron chi connectivity index (χ1n) is 2.50. The van der Waals surface area contributed by atoms with Gasteiger partial charge in [-0.3, -0.25) is 4.79 Å². The summed E-state index contributed by atoms with van der Waals surface area (Å²) in [6.07, 6.45) is 3.39. The number of rotatable bonds is 2. The number of halogens is 1. The third kappa shape index (κ3) is 1.66. The van der Waals surface area contributed by atoms with Gasteiger partial charge in [-0.2, -0.15) is 0 Å². The molecule has 1 N–H and O–H groups in total. The highest BCUT2D eigenvalue weighted by molar-refractivity contribution is 6.28. The van der Waals surface area contributed by atoms with Crippen LogP contribution < -0.4 is 5.32 Å². The van der Waals surface area contributed by atoms with Gasteiger partial charge in [-0.1, -0.05) is 0 Å². The monoisotopic (exact) mass is 157 g/mol. The number of anilines is 1. The highest BCUT2D eigenvalue weighted by Gasteiger charge is 1.90. The number of carbonyl (C=O) groups is 1. The Morgan fingerprint density at radius 1 is 1.50 bits per heavy atom. The lowest BCUT2D eigenvalue weighted by atomic mass is 10.5. The topological polar surface area (TPSA) is 54.9 Å². The summed E-state index contributed by atoms with van der Waals surface area (Å²) in [6, 6.07) is 0. The van der Waals surface area contributed by atoms with Crippen LogP contribution in [0.5, 0.6) is 0 Å². The molecule has 0 aliphatic heterocycles. The maximum atomic E-state index is 9.86. The van der Waals surface area contributed by atoms with E-state index in [9.17, 15) is 4.79 Å². The van der Waals surface area contributed by atoms with Gasteiger partial charge in [0.25, 0.3) is 0 Å². The minimum Gasteiger partial charge on any atom is -0.326 e. The van der Waals surface area contributed by atoms with Gasteiger partial charge in [0, 0.05) is 0 Å². The summed E-state index contributed by atoms with van der Waals surface area (Å²) in [5.74, 6) is 0. The highest BCUT2D eigenvalue weighted by Crippen LogP contribution is 2.03. The van der Waals surface area contributed by atoms with E-state index in [0.717, 1.165) is 0 Å². The number of nitrogens with zero attached hydrogens (tertiary/aromatic N) is 2. The van der Waals surface area contributed by atoms with E-state index in [1.54, 1.807) is 0 Å². The Morgan fingerprint density at radius 2 is 2.10 bits per heavy atom. The van der Waals surface area contributed by atoms with Crippen molar-refractivity contribution >= 4 is 23.7 Å². The van der Waals surface area contributed by atoms with Crippen molar-refractivity contribution in [2.75, 3.05) is 5.32 Å². The molecule has 1 rings (SSSR count). The zero-order valence-electron chi connectivity index (χ0n) is 4.91. The SMILES string of the molecule is O=CNc1cnc(Cl)nc1. The molecular weight excluding hydrogens is 154 g/mol. The highest BCUT2D eigenvalue weighted by atomic mass is 35.5. The Hall–Kier alpha value is -1.16. The van der Waals surface area contributed by atoms with Crippen molar-refractivity contribution in [1.82, 2.24) is 9.97 Å². The van der Waals surface area contributed by atoms with E-state index >= 15 is 0 Å². The molecule has 0 spiro atoms. The molecule has 1 heterocycles. The predicted molar refractivity (Wildman–Crippen MR) is 36.7 cm³/mol. The first-order chi connectivity index (χ1) is 4.83. The van der Waals surface area contributed by atoms with Crippen LogP contribution in [0.3, 0.4) is 0 Å². The van der Waals surface area contributed by atoms with Crippen LogP contribution in [-0.4, -0.2) is 16.4 Å². The summed E-state index contributed by atoms with van der Waals surface area (Å²) in [5, 5.41) is 2.53. The van der Waals surface area contributed by atoms with Crippen LogP contribution in [0.15, 0.2) is 12.4 Å². The number of carbonyl (C=O) groups excluding carboxylic acids is 1. The van der Waals surface area contributed by atoms with E-state index in [2.05, 4.69) is 15.3 Å². The average molecular weight is 158 g/mol. The van der Waals surface area contributed by atoms with E-state index in [-0.39, 0.29) is 5.28 Å². The van der Waals surface area contributed by atoms with Gasteiger partial charge in [-0.25, -0.2) is 9.97 Å². The molecule has 0 saturated heterocycles. The van der Waals surface area contributed by atoms with Crippen LogP contribution in [0.4, 0.5) is 5.69 Å². The van der Waals surface area contributed by atoms with E-state index in [1.807, 2.05) is 0 Å². The second kappa shape index (κ2) is 3.12. The summed E-state index contributed by atoms with van der Waals surface area (Å²) in [4.78, 5) is 17.1. The molecule has 1 amide bonds. The largest absolute Gasteiger partial charge is 0.326 e. The normalized spacial score (nSPS) is 8.90. The molecule has 0 atom stereocenters. The maximum Gasteiger partial charge on any atom is 0.222 e. The standard InChI is InChI=1S/C5H4ClN3O/c6-5-7-1-4(2-8-5)9-3-10/h1-3H,(H,9,10). The van der Waals surface area contributed by atoms with Gasteiger partial charge in [-0.05, 0) is 11.6 Å². The van der Waals surface area contributed by atoms with Gasteiger partial charge < -0.3 is 5.32 Å². The lowest BCUT2D eigenvalue weighted by molar-refractivity contribution is -0.105. The Kier molecular flexibility index (Phi) is 2.17. The fraction of sp³-hybridized carbons (Fsp3) is 0. The molecule has 0 aliphatic rings. The van der Waals surface area contributed by atoms with Gasteiger partial charge in [0.2, 0.25) is 11.7 Å². The average Bonchev–Trinajstić information content (AvgIpc) is 1.95. The fourth-order valence-corrected chi connectivity index (χ4v) is 0.552. The number of amides is 1. The summed E-state index contributed by atoms with van der Waals surface area (Å²) < 4.78 is 0. The quantitative estimate of drug-likeness (QED) is 0.508. The van der Waals surface area contributed by atoms with Crippen LogP contribution in [0.25, 0.3) is 0 Å². The number of hydrogen-bond donors (Lipinski definition) is 1. The number of hydrogen-bond acceptors (Lipinski definition) is 3. The molecule has 4 nitrogen and oxygen atoms in total. The molecular formula is C5H4ClN3O. The molecule has 52 valence electrons. The third-order valence-electron chi connectivity index (χ3n) is 0.846. The Labute approximate surface area is 62.3 Å². The molecule has 0 fully saturated rings. The zero-order valence-corrected chi connectivity index (χ0v) is 5.67. The predicted octanol–water partition coefficient (Wildman–Crippen LogP) is 0.698. The zero-order chi connectivity index (χ0) is 7.40. The van der Waals surface area contributed by atoms with Crippen molar-refractivity contribution in [3.05, 3.63) is 17.7 Å². The van der Waals surface area contributed by atoms with Crippen molar-refractivity contribution in [2.24, 2.45) is 0 Å². The minimum absolute atomic E-state index is 0.163. The van der Waals surface area contributed by atoms with Crippen LogP contribution in [-0.2, 0) is 4.79 Å². The first kappa shape index (κ1) is 6.95. The van der Waals surface area contributed by atoms with Gasteiger partial charge in [-0.15, -0.1) is 0 Å². The van der Waals surface area contributed by atoms with E-state index in [4.69, 9.17) is 11.6 Å². The Bertz CT molecular complexity index is 223. The lowest BCUT2D eigenvalue weighted by Crippen LogP contribution is -1.94. The van der Waals surface area contributed by atoms with Crippen LogP contribution >= 0.6 is 11.6 Å². The molecule has 0 aromatic carbocycles. The fourth-order valence-electron chi connectivity index (χ4n) is 0.455. The molecule has 1 aromatic rings. The van der Waals surface area contributed by atoms with Crippen molar-refractivity contribution in [3.63, 3.8) is 0 Å². The second-order valence-electron chi connectivity index (χ2n) is 1.50. The van der Waals surface area contributed by atoms with Crippen LogP contribution in [0.2, 0.25) is 5.28 Å². The Morgan fingerprint density at radius 3 is 2.60 bits per heavy atom. The summed E-state index contributed by atoms with van der Waals surface area (Å²) in [5.41, 5.74) is 0.527.